The Labute approximate surface area is 195 Å². The number of anilines is 1. The minimum Gasteiger partial charge on any atom is -0.378 e. The molecule has 1 aromatic carbocycles. The first-order valence-corrected chi connectivity index (χ1v) is 11.0. The minimum atomic E-state index is 0.600. The molecule has 5 aromatic rings. The zero-order valence-electron chi connectivity index (χ0n) is 18.2. The predicted molar refractivity (Wildman–Crippen MR) is 127 cm³/mol. The monoisotopic (exact) mass is 448 g/mol. The lowest BCUT2D eigenvalue weighted by Gasteiger charge is -2.29. The molecule has 0 radical (unpaired) electrons. The third-order valence-electron chi connectivity index (χ3n) is 5.80. The van der Waals surface area contributed by atoms with Gasteiger partial charge in [0.25, 0.3) is 0 Å². The second-order valence-electron chi connectivity index (χ2n) is 7.95. The number of fused-ring (bicyclic) bond motifs is 1. The maximum Gasteiger partial charge on any atom is 0.160 e. The number of aromatic nitrogens is 6. The average Bonchev–Trinajstić information content (AvgIpc) is 3.57. The summed E-state index contributed by atoms with van der Waals surface area (Å²) in [6.45, 7) is 2.87. The molecule has 1 aliphatic rings. The summed E-state index contributed by atoms with van der Waals surface area (Å²) in [5, 5.41) is 18.8. The van der Waals surface area contributed by atoms with E-state index < -0.39 is 0 Å². The Kier molecular flexibility index (Phi) is 4.98. The SMILES string of the molecule is N#Cc1cccc(-c2ccn(-c3cc(N4CCOCC4)n4nc(-c5cccnc5)cc4n3)n2)c1. The molecule has 5 heterocycles. The molecule has 1 fully saturated rings. The Balaban J connectivity index is 1.46. The summed E-state index contributed by atoms with van der Waals surface area (Å²) in [6, 6.07) is 19.4. The van der Waals surface area contributed by atoms with Crippen LogP contribution in [0.5, 0.6) is 0 Å². The zero-order chi connectivity index (χ0) is 22.9. The van der Waals surface area contributed by atoms with Crippen LogP contribution in [0, 0.1) is 11.3 Å². The van der Waals surface area contributed by atoms with Gasteiger partial charge in [-0.1, -0.05) is 12.1 Å². The van der Waals surface area contributed by atoms with E-state index in [0.29, 0.717) is 24.6 Å². The Bertz CT molecular complexity index is 1510. The van der Waals surface area contributed by atoms with E-state index in [1.807, 2.05) is 59.2 Å². The maximum atomic E-state index is 9.22. The summed E-state index contributed by atoms with van der Waals surface area (Å²) in [5.41, 5.74) is 4.72. The van der Waals surface area contributed by atoms with Gasteiger partial charge in [0, 0.05) is 54.9 Å². The van der Waals surface area contributed by atoms with Gasteiger partial charge < -0.3 is 9.64 Å². The molecular weight excluding hydrogens is 428 g/mol. The molecule has 0 bridgehead atoms. The summed E-state index contributed by atoms with van der Waals surface area (Å²) in [4.78, 5) is 11.3. The number of benzene rings is 1. The Morgan fingerprint density at radius 2 is 1.79 bits per heavy atom. The highest BCUT2D eigenvalue weighted by molar-refractivity contribution is 5.66. The fourth-order valence-corrected chi connectivity index (χ4v) is 4.09. The van der Waals surface area contributed by atoms with Gasteiger partial charge in [0.1, 0.15) is 5.82 Å². The van der Waals surface area contributed by atoms with Crippen molar-refractivity contribution in [2.75, 3.05) is 31.2 Å². The van der Waals surface area contributed by atoms with Crippen molar-refractivity contribution in [2.45, 2.75) is 0 Å². The highest BCUT2D eigenvalue weighted by Crippen LogP contribution is 2.26. The quantitative estimate of drug-likeness (QED) is 0.416. The molecule has 34 heavy (non-hydrogen) atoms. The second kappa shape index (κ2) is 8.42. The van der Waals surface area contributed by atoms with Crippen LogP contribution >= 0.6 is 0 Å². The van der Waals surface area contributed by atoms with Gasteiger partial charge in [0.05, 0.1) is 36.2 Å². The van der Waals surface area contributed by atoms with Gasteiger partial charge >= 0.3 is 0 Å². The highest BCUT2D eigenvalue weighted by atomic mass is 16.5. The number of pyridine rings is 1. The molecule has 0 atom stereocenters. The van der Waals surface area contributed by atoms with Crippen LogP contribution < -0.4 is 4.90 Å². The summed E-state index contributed by atoms with van der Waals surface area (Å²) in [6.07, 6.45) is 5.43. The molecule has 0 amide bonds. The van der Waals surface area contributed by atoms with Gasteiger partial charge in [-0.15, -0.1) is 0 Å². The zero-order valence-corrected chi connectivity index (χ0v) is 18.2. The van der Waals surface area contributed by atoms with E-state index in [0.717, 1.165) is 47.1 Å². The fourth-order valence-electron chi connectivity index (χ4n) is 4.09. The van der Waals surface area contributed by atoms with Gasteiger partial charge in [-0.05, 0) is 30.3 Å². The van der Waals surface area contributed by atoms with Crippen LogP contribution in [-0.4, -0.2) is 55.7 Å². The summed E-state index contributed by atoms with van der Waals surface area (Å²) in [7, 11) is 0. The molecule has 9 heteroatoms. The van der Waals surface area contributed by atoms with E-state index in [2.05, 4.69) is 16.0 Å². The third-order valence-corrected chi connectivity index (χ3v) is 5.80. The van der Waals surface area contributed by atoms with Gasteiger partial charge in [-0.3, -0.25) is 4.98 Å². The van der Waals surface area contributed by atoms with E-state index in [4.69, 9.17) is 19.9 Å². The van der Waals surface area contributed by atoms with Crippen molar-refractivity contribution in [3.05, 3.63) is 78.8 Å². The van der Waals surface area contributed by atoms with Crippen LogP contribution in [0.4, 0.5) is 5.82 Å². The van der Waals surface area contributed by atoms with Crippen molar-refractivity contribution in [1.82, 2.24) is 29.4 Å². The van der Waals surface area contributed by atoms with E-state index in [-0.39, 0.29) is 0 Å². The summed E-state index contributed by atoms with van der Waals surface area (Å²) < 4.78 is 9.19. The lowest BCUT2D eigenvalue weighted by atomic mass is 10.1. The van der Waals surface area contributed by atoms with Crippen molar-refractivity contribution in [2.24, 2.45) is 0 Å². The van der Waals surface area contributed by atoms with E-state index in [9.17, 15) is 5.26 Å². The van der Waals surface area contributed by atoms with Crippen molar-refractivity contribution in [3.8, 4) is 34.4 Å². The molecule has 0 N–H and O–H groups in total. The summed E-state index contributed by atoms with van der Waals surface area (Å²) >= 11 is 0. The van der Waals surface area contributed by atoms with E-state index >= 15 is 0 Å². The first-order valence-electron chi connectivity index (χ1n) is 11.0. The number of rotatable bonds is 4. The number of morpholine rings is 1. The largest absolute Gasteiger partial charge is 0.378 e. The van der Waals surface area contributed by atoms with Gasteiger partial charge in [-0.2, -0.15) is 20.0 Å². The molecule has 6 rings (SSSR count). The van der Waals surface area contributed by atoms with Crippen LogP contribution in [-0.2, 0) is 4.74 Å². The second-order valence-corrected chi connectivity index (χ2v) is 7.95. The number of ether oxygens (including phenoxy) is 1. The number of hydrogen-bond donors (Lipinski definition) is 0. The molecule has 1 aliphatic heterocycles. The van der Waals surface area contributed by atoms with Crippen molar-refractivity contribution in [3.63, 3.8) is 0 Å². The molecule has 0 saturated carbocycles. The minimum absolute atomic E-state index is 0.600. The van der Waals surface area contributed by atoms with Gasteiger partial charge in [0.15, 0.2) is 11.5 Å². The molecule has 1 saturated heterocycles. The van der Waals surface area contributed by atoms with E-state index in [1.165, 1.54) is 0 Å². The van der Waals surface area contributed by atoms with Crippen molar-refractivity contribution >= 4 is 11.5 Å². The Hall–Kier alpha value is -4.55. The number of nitriles is 1. The molecule has 9 nitrogen and oxygen atoms in total. The van der Waals surface area contributed by atoms with E-state index in [1.54, 1.807) is 23.1 Å². The lowest BCUT2D eigenvalue weighted by Crippen LogP contribution is -2.37. The first-order chi connectivity index (χ1) is 16.8. The van der Waals surface area contributed by atoms with Crippen LogP contribution in [0.3, 0.4) is 0 Å². The maximum absolute atomic E-state index is 9.22. The fraction of sp³-hybridized carbons (Fsp3) is 0.160. The summed E-state index contributed by atoms with van der Waals surface area (Å²) in [5.74, 6) is 1.62. The molecule has 166 valence electrons. The normalized spacial score (nSPS) is 13.8. The third kappa shape index (κ3) is 3.66. The van der Waals surface area contributed by atoms with Gasteiger partial charge in [0.2, 0.25) is 0 Å². The average molecular weight is 448 g/mol. The van der Waals surface area contributed by atoms with Crippen LogP contribution in [0.1, 0.15) is 5.56 Å². The molecule has 0 aliphatic carbocycles. The Morgan fingerprint density at radius 3 is 2.62 bits per heavy atom. The number of hydrogen-bond acceptors (Lipinski definition) is 7. The first kappa shape index (κ1) is 20.1. The van der Waals surface area contributed by atoms with Crippen molar-refractivity contribution < 1.29 is 4.74 Å². The van der Waals surface area contributed by atoms with Crippen LogP contribution in [0.25, 0.3) is 34.0 Å². The number of nitrogens with zero attached hydrogens (tertiary/aromatic N) is 8. The van der Waals surface area contributed by atoms with Gasteiger partial charge in [-0.25, -0.2) is 9.67 Å². The van der Waals surface area contributed by atoms with Crippen LogP contribution in [0.2, 0.25) is 0 Å². The molecule has 0 unspecified atom stereocenters. The predicted octanol–water partition coefficient (Wildman–Crippen LogP) is 3.35. The highest BCUT2D eigenvalue weighted by Gasteiger charge is 2.19. The standard InChI is InChI=1S/C25H20N8O/c26-16-18-3-1-4-19(13-18)21-6-8-32(29-21)23-15-25(31-9-11-34-12-10-31)33-24(28-23)14-22(30-33)20-5-2-7-27-17-20/h1-8,13-15,17H,9-12H2. The Morgan fingerprint density at radius 1 is 0.912 bits per heavy atom. The topological polar surface area (TPSA) is 97.2 Å². The molecular formula is C25H20N8O. The smallest absolute Gasteiger partial charge is 0.160 e. The molecule has 4 aromatic heterocycles. The van der Waals surface area contributed by atoms with Crippen molar-refractivity contribution in [1.29, 1.82) is 5.26 Å². The molecule has 0 spiro atoms. The van der Waals surface area contributed by atoms with Crippen LogP contribution in [0.15, 0.2) is 73.2 Å². The lowest BCUT2D eigenvalue weighted by molar-refractivity contribution is 0.122.